The highest BCUT2D eigenvalue weighted by atomic mass is 16.6. The van der Waals surface area contributed by atoms with Crippen molar-refractivity contribution < 1.29 is 19.3 Å². The summed E-state index contributed by atoms with van der Waals surface area (Å²) in [5.74, 6) is -1.67. The zero-order chi connectivity index (χ0) is 18.1. The minimum absolute atomic E-state index is 0.192. The number of rotatable bonds is 3. The molecule has 0 heterocycles. The fourth-order valence-electron chi connectivity index (χ4n) is 3.45. The number of hydrazone groups is 1. The third kappa shape index (κ3) is 2.88. The number of amides is 2. The van der Waals surface area contributed by atoms with Crippen molar-refractivity contribution in [2.45, 2.75) is 25.7 Å². The van der Waals surface area contributed by atoms with Crippen LogP contribution in [0.4, 0.5) is 16.2 Å². The van der Waals surface area contributed by atoms with E-state index in [1.54, 1.807) is 0 Å². The second-order valence-electron chi connectivity index (χ2n) is 6.07. The number of para-hydroxylation sites is 2. The predicted octanol–water partition coefficient (Wildman–Crippen LogP) is 1.79. The summed E-state index contributed by atoms with van der Waals surface area (Å²) in [6.07, 6.45) is 2.93. The number of benzene rings is 1. The van der Waals surface area contributed by atoms with Gasteiger partial charge in [0.1, 0.15) is 5.69 Å². The van der Waals surface area contributed by atoms with Gasteiger partial charge < -0.3 is 5.73 Å². The zero-order valence-corrected chi connectivity index (χ0v) is 13.3. The first-order valence-corrected chi connectivity index (χ1v) is 7.92. The Bertz CT molecular complexity index is 777. The summed E-state index contributed by atoms with van der Waals surface area (Å²) in [6, 6.07) is 4.25. The summed E-state index contributed by atoms with van der Waals surface area (Å²) >= 11 is 0. The second kappa shape index (κ2) is 6.42. The van der Waals surface area contributed by atoms with Crippen LogP contribution in [0.2, 0.25) is 0 Å². The molecule has 1 aromatic rings. The maximum atomic E-state index is 12.5. The quantitative estimate of drug-likeness (QED) is 0.658. The lowest BCUT2D eigenvalue weighted by Gasteiger charge is -2.20. The third-order valence-electron chi connectivity index (χ3n) is 4.62. The molecule has 0 bridgehead atoms. The van der Waals surface area contributed by atoms with Crippen molar-refractivity contribution in [1.82, 2.24) is 0 Å². The number of anilines is 1. The second-order valence-corrected chi connectivity index (χ2v) is 6.07. The van der Waals surface area contributed by atoms with E-state index >= 15 is 0 Å². The van der Waals surface area contributed by atoms with Gasteiger partial charge in [-0.05, 0) is 18.9 Å². The smallest absolute Gasteiger partial charge is 0.340 e. The molecule has 2 atom stereocenters. The molecule has 0 spiro atoms. The van der Waals surface area contributed by atoms with Gasteiger partial charge in [0.15, 0.2) is 17.3 Å². The SMILES string of the molecule is NC(=O)N(N=C1C(=O)C2CCCCC2C1=O)c1ccccc1[N+](=O)[O-]. The molecule has 130 valence electrons. The molecule has 0 saturated heterocycles. The topological polar surface area (TPSA) is 136 Å². The highest BCUT2D eigenvalue weighted by Gasteiger charge is 2.48. The van der Waals surface area contributed by atoms with E-state index in [2.05, 4.69) is 5.10 Å². The third-order valence-corrected chi connectivity index (χ3v) is 4.62. The van der Waals surface area contributed by atoms with Crippen molar-refractivity contribution in [2.75, 3.05) is 5.01 Å². The van der Waals surface area contributed by atoms with Crippen LogP contribution in [-0.4, -0.2) is 28.2 Å². The van der Waals surface area contributed by atoms with Crippen LogP contribution in [0.1, 0.15) is 25.7 Å². The lowest BCUT2D eigenvalue weighted by Crippen LogP contribution is -2.34. The summed E-state index contributed by atoms with van der Waals surface area (Å²) < 4.78 is 0. The molecule has 2 amide bonds. The van der Waals surface area contributed by atoms with Crippen LogP contribution in [0.3, 0.4) is 0 Å². The molecule has 2 unspecified atom stereocenters. The number of ketones is 2. The molecule has 9 heteroatoms. The van der Waals surface area contributed by atoms with E-state index < -0.39 is 40.0 Å². The van der Waals surface area contributed by atoms with E-state index in [0.29, 0.717) is 17.9 Å². The van der Waals surface area contributed by atoms with Crippen LogP contribution in [0, 0.1) is 22.0 Å². The summed E-state index contributed by atoms with van der Waals surface area (Å²) in [6.45, 7) is 0. The van der Waals surface area contributed by atoms with Crippen molar-refractivity contribution in [3.8, 4) is 0 Å². The Balaban J connectivity index is 2.05. The molecular weight excluding hydrogens is 328 g/mol. The van der Waals surface area contributed by atoms with Gasteiger partial charge in [-0.15, -0.1) is 0 Å². The van der Waals surface area contributed by atoms with Crippen molar-refractivity contribution in [2.24, 2.45) is 22.7 Å². The molecule has 25 heavy (non-hydrogen) atoms. The predicted molar refractivity (Wildman–Crippen MR) is 88.1 cm³/mol. The first-order valence-electron chi connectivity index (χ1n) is 7.92. The van der Waals surface area contributed by atoms with E-state index in [1.165, 1.54) is 24.3 Å². The number of nitro groups is 1. The normalized spacial score (nSPS) is 22.5. The molecule has 0 aliphatic heterocycles. The van der Waals surface area contributed by atoms with Crippen molar-refractivity contribution in [3.05, 3.63) is 34.4 Å². The molecule has 0 aromatic heterocycles. The van der Waals surface area contributed by atoms with Crippen LogP contribution in [0.5, 0.6) is 0 Å². The molecular formula is C16H16N4O5. The van der Waals surface area contributed by atoms with Crippen LogP contribution in [0.25, 0.3) is 0 Å². The van der Waals surface area contributed by atoms with Gasteiger partial charge in [-0.25, -0.2) is 4.79 Å². The first-order chi connectivity index (χ1) is 11.9. The number of urea groups is 1. The highest BCUT2D eigenvalue weighted by Crippen LogP contribution is 2.37. The molecule has 9 nitrogen and oxygen atoms in total. The van der Waals surface area contributed by atoms with Crippen molar-refractivity contribution in [1.29, 1.82) is 0 Å². The van der Waals surface area contributed by atoms with Crippen LogP contribution < -0.4 is 10.7 Å². The van der Waals surface area contributed by atoms with Gasteiger partial charge in [-0.3, -0.25) is 19.7 Å². The Hall–Kier alpha value is -3.10. The molecule has 2 aliphatic rings. The van der Waals surface area contributed by atoms with E-state index in [0.717, 1.165) is 12.8 Å². The molecule has 0 radical (unpaired) electrons. The number of hydrogen-bond donors (Lipinski definition) is 1. The standard InChI is InChI=1S/C16H16N4O5/c17-16(23)19(11-7-3-4-8-12(11)20(24)25)18-13-14(21)9-5-1-2-6-10(9)15(13)22/h3-4,7-10H,1-2,5-6H2,(H2,17,23). The van der Waals surface area contributed by atoms with Gasteiger partial charge in [-0.2, -0.15) is 10.1 Å². The number of carbonyl (C=O) groups excluding carboxylic acids is 3. The number of fused-ring (bicyclic) bond motifs is 1. The van der Waals surface area contributed by atoms with Crippen molar-refractivity contribution in [3.63, 3.8) is 0 Å². The Morgan fingerprint density at radius 1 is 1.16 bits per heavy atom. The summed E-state index contributed by atoms with van der Waals surface area (Å²) in [7, 11) is 0. The number of nitro benzene ring substituents is 1. The van der Waals surface area contributed by atoms with Crippen LogP contribution >= 0.6 is 0 Å². The summed E-state index contributed by atoms with van der Waals surface area (Å²) in [5, 5.41) is 15.6. The molecule has 2 saturated carbocycles. The fourth-order valence-corrected chi connectivity index (χ4v) is 3.45. The molecule has 2 fully saturated rings. The Labute approximate surface area is 142 Å². The van der Waals surface area contributed by atoms with Gasteiger partial charge in [0.25, 0.3) is 5.69 Å². The molecule has 3 rings (SSSR count). The Morgan fingerprint density at radius 3 is 2.24 bits per heavy atom. The fraction of sp³-hybridized carbons (Fsp3) is 0.375. The highest BCUT2D eigenvalue weighted by molar-refractivity contribution is 6.70. The van der Waals surface area contributed by atoms with Gasteiger partial charge in [0.2, 0.25) is 0 Å². The lowest BCUT2D eigenvalue weighted by molar-refractivity contribution is -0.384. The van der Waals surface area contributed by atoms with E-state index in [4.69, 9.17) is 5.73 Å². The average Bonchev–Trinajstić information content (AvgIpc) is 2.84. The number of primary amides is 1. The minimum atomic E-state index is -1.11. The number of hydrogen-bond acceptors (Lipinski definition) is 6. The van der Waals surface area contributed by atoms with E-state index in [1.807, 2.05) is 0 Å². The Kier molecular flexibility index (Phi) is 4.30. The zero-order valence-electron chi connectivity index (χ0n) is 13.3. The van der Waals surface area contributed by atoms with Gasteiger partial charge >= 0.3 is 6.03 Å². The monoisotopic (exact) mass is 344 g/mol. The first kappa shape index (κ1) is 16.7. The largest absolute Gasteiger partial charge is 0.350 e. The maximum absolute atomic E-state index is 12.5. The molecule has 2 N–H and O–H groups in total. The molecule has 2 aliphatic carbocycles. The number of Topliss-reactive ketones (excluding diaryl/α,β-unsaturated/α-hetero) is 2. The van der Waals surface area contributed by atoms with Crippen LogP contribution in [0.15, 0.2) is 29.4 Å². The minimum Gasteiger partial charge on any atom is -0.350 e. The molecule has 1 aromatic carbocycles. The van der Waals surface area contributed by atoms with Gasteiger partial charge in [0.05, 0.1) is 4.92 Å². The van der Waals surface area contributed by atoms with Gasteiger partial charge in [0, 0.05) is 17.9 Å². The average molecular weight is 344 g/mol. The number of nitrogens with two attached hydrogens (primary N) is 1. The summed E-state index contributed by atoms with van der Waals surface area (Å²) in [4.78, 5) is 47.2. The van der Waals surface area contributed by atoms with Gasteiger partial charge in [-0.1, -0.05) is 25.0 Å². The maximum Gasteiger partial charge on any atom is 0.340 e. The Morgan fingerprint density at radius 2 is 1.72 bits per heavy atom. The number of carbonyl (C=O) groups is 3. The van der Waals surface area contributed by atoms with E-state index in [9.17, 15) is 24.5 Å². The van der Waals surface area contributed by atoms with E-state index in [-0.39, 0.29) is 11.4 Å². The van der Waals surface area contributed by atoms with Crippen molar-refractivity contribution >= 4 is 34.7 Å². The number of nitrogens with zero attached hydrogens (tertiary/aromatic N) is 3. The summed E-state index contributed by atoms with van der Waals surface area (Å²) in [5.41, 5.74) is 4.34. The van der Waals surface area contributed by atoms with Crippen LogP contribution in [-0.2, 0) is 9.59 Å². The lowest BCUT2D eigenvalue weighted by atomic mass is 9.81.